The summed E-state index contributed by atoms with van der Waals surface area (Å²) in [6.07, 6.45) is 0. The molecule has 86 valence electrons. The lowest BCUT2D eigenvalue weighted by atomic mass is 10.3. The standard InChI is InChI=1S/C10H9Cl2NO3/c1-5(14)13-9-4-7(11)3-8(12)10(9)16-6(2)15/h3-4H,1-2H3,(H,13,14). The molecule has 0 heterocycles. The summed E-state index contributed by atoms with van der Waals surface area (Å²) in [6, 6.07) is 2.87. The lowest BCUT2D eigenvalue weighted by Gasteiger charge is -2.11. The number of carbonyl (C=O) groups is 2. The zero-order valence-corrected chi connectivity index (χ0v) is 10.1. The molecule has 0 aliphatic rings. The highest BCUT2D eigenvalue weighted by molar-refractivity contribution is 6.36. The van der Waals surface area contributed by atoms with Gasteiger partial charge in [-0.05, 0) is 12.1 Å². The monoisotopic (exact) mass is 261 g/mol. The highest BCUT2D eigenvalue weighted by Gasteiger charge is 2.13. The van der Waals surface area contributed by atoms with Gasteiger partial charge in [-0.25, -0.2) is 0 Å². The molecule has 1 aromatic rings. The number of carbonyl (C=O) groups excluding carboxylic acids is 2. The Hall–Kier alpha value is -1.26. The Morgan fingerprint density at radius 2 is 1.88 bits per heavy atom. The van der Waals surface area contributed by atoms with Gasteiger partial charge in [-0.2, -0.15) is 0 Å². The predicted molar refractivity (Wildman–Crippen MR) is 62.1 cm³/mol. The molecule has 0 aliphatic heterocycles. The van der Waals surface area contributed by atoms with Crippen molar-refractivity contribution in [1.29, 1.82) is 0 Å². The molecule has 0 unspecified atom stereocenters. The molecule has 1 N–H and O–H groups in total. The third-order valence-corrected chi connectivity index (χ3v) is 2.06. The van der Waals surface area contributed by atoms with Crippen molar-refractivity contribution in [1.82, 2.24) is 0 Å². The fraction of sp³-hybridized carbons (Fsp3) is 0.200. The topological polar surface area (TPSA) is 55.4 Å². The van der Waals surface area contributed by atoms with Crippen LogP contribution in [0.5, 0.6) is 5.75 Å². The van der Waals surface area contributed by atoms with Crippen LogP contribution in [0, 0.1) is 0 Å². The first-order valence-electron chi connectivity index (χ1n) is 4.35. The first kappa shape index (κ1) is 12.8. The van der Waals surface area contributed by atoms with Crippen molar-refractivity contribution in [2.45, 2.75) is 13.8 Å². The normalized spacial score (nSPS) is 9.75. The van der Waals surface area contributed by atoms with Gasteiger partial charge in [-0.1, -0.05) is 23.2 Å². The molecule has 0 aromatic heterocycles. The van der Waals surface area contributed by atoms with E-state index < -0.39 is 5.97 Å². The molecule has 0 saturated heterocycles. The Kier molecular flexibility index (Phi) is 4.15. The van der Waals surface area contributed by atoms with Crippen molar-refractivity contribution >= 4 is 40.8 Å². The minimum Gasteiger partial charge on any atom is -0.423 e. The first-order valence-corrected chi connectivity index (χ1v) is 5.11. The fourth-order valence-corrected chi connectivity index (χ4v) is 1.62. The van der Waals surface area contributed by atoms with E-state index in [1.807, 2.05) is 0 Å². The van der Waals surface area contributed by atoms with Crippen LogP contribution in [-0.2, 0) is 9.59 Å². The van der Waals surface area contributed by atoms with Gasteiger partial charge < -0.3 is 10.1 Å². The Morgan fingerprint density at radius 3 is 2.38 bits per heavy atom. The van der Waals surface area contributed by atoms with Crippen LogP contribution in [0.1, 0.15) is 13.8 Å². The van der Waals surface area contributed by atoms with Crippen LogP contribution in [0.4, 0.5) is 5.69 Å². The zero-order valence-electron chi connectivity index (χ0n) is 8.64. The van der Waals surface area contributed by atoms with E-state index in [0.717, 1.165) is 0 Å². The maximum absolute atomic E-state index is 10.9. The Labute approximate surface area is 102 Å². The van der Waals surface area contributed by atoms with Crippen LogP contribution in [0.25, 0.3) is 0 Å². The van der Waals surface area contributed by atoms with Crippen molar-refractivity contribution in [3.8, 4) is 5.75 Å². The van der Waals surface area contributed by atoms with Crippen LogP contribution in [0.2, 0.25) is 10.0 Å². The molecule has 0 radical (unpaired) electrons. The molecule has 0 aliphatic carbocycles. The number of hydrogen-bond donors (Lipinski definition) is 1. The van der Waals surface area contributed by atoms with E-state index in [-0.39, 0.29) is 22.4 Å². The predicted octanol–water partition coefficient (Wildman–Crippen LogP) is 2.88. The third kappa shape index (κ3) is 3.40. The highest BCUT2D eigenvalue weighted by Crippen LogP contribution is 2.36. The van der Waals surface area contributed by atoms with Crippen molar-refractivity contribution < 1.29 is 14.3 Å². The summed E-state index contributed by atoms with van der Waals surface area (Å²) in [5, 5.41) is 2.97. The van der Waals surface area contributed by atoms with Crippen molar-refractivity contribution in [3.63, 3.8) is 0 Å². The SMILES string of the molecule is CC(=O)Nc1cc(Cl)cc(Cl)c1OC(C)=O. The summed E-state index contributed by atoms with van der Waals surface area (Å²) in [7, 11) is 0. The smallest absolute Gasteiger partial charge is 0.308 e. The Morgan fingerprint density at radius 1 is 1.25 bits per heavy atom. The largest absolute Gasteiger partial charge is 0.423 e. The van der Waals surface area contributed by atoms with Crippen molar-refractivity contribution in [2.24, 2.45) is 0 Å². The highest BCUT2D eigenvalue weighted by atomic mass is 35.5. The number of hydrogen-bond acceptors (Lipinski definition) is 3. The summed E-state index contributed by atoms with van der Waals surface area (Å²) in [5.41, 5.74) is 0.264. The number of esters is 1. The molecule has 0 saturated carbocycles. The summed E-state index contributed by atoms with van der Waals surface area (Å²) in [4.78, 5) is 21.8. The van der Waals surface area contributed by atoms with E-state index in [1.165, 1.54) is 26.0 Å². The number of anilines is 1. The van der Waals surface area contributed by atoms with E-state index in [0.29, 0.717) is 5.02 Å². The number of amides is 1. The number of halogens is 2. The van der Waals surface area contributed by atoms with Gasteiger partial charge >= 0.3 is 5.97 Å². The van der Waals surface area contributed by atoms with E-state index in [1.54, 1.807) is 0 Å². The Bertz CT molecular complexity index is 446. The zero-order chi connectivity index (χ0) is 12.3. The second-order valence-corrected chi connectivity index (χ2v) is 3.88. The average Bonchev–Trinajstić information content (AvgIpc) is 2.09. The number of ether oxygens (including phenoxy) is 1. The Balaban J connectivity index is 3.20. The van der Waals surface area contributed by atoms with Crippen LogP contribution in [0.15, 0.2) is 12.1 Å². The maximum atomic E-state index is 10.9. The summed E-state index contributed by atoms with van der Waals surface area (Å²) < 4.78 is 4.89. The summed E-state index contributed by atoms with van der Waals surface area (Å²) in [5.74, 6) is -0.753. The molecule has 1 amide bonds. The van der Waals surface area contributed by atoms with Gasteiger partial charge in [0.1, 0.15) is 0 Å². The lowest BCUT2D eigenvalue weighted by molar-refractivity contribution is -0.131. The molecular formula is C10H9Cl2NO3. The molecule has 6 heteroatoms. The van der Waals surface area contributed by atoms with Gasteiger partial charge in [0.15, 0.2) is 5.75 Å². The van der Waals surface area contributed by atoms with E-state index in [4.69, 9.17) is 27.9 Å². The minimum absolute atomic E-state index is 0.0915. The minimum atomic E-state index is -0.532. The maximum Gasteiger partial charge on any atom is 0.308 e. The van der Waals surface area contributed by atoms with E-state index >= 15 is 0 Å². The van der Waals surface area contributed by atoms with Gasteiger partial charge in [0, 0.05) is 18.9 Å². The van der Waals surface area contributed by atoms with Crippen molar-refractivity contribution in [3.05, 3.63) is 22.2 Å². The number of nitrogens with one attached hydrogen (secondary N) is 1. The lowest BCUT2D eigenvalue weighted by Crippen LogP contribution is -2.10. The van der Waals surface area contributed by atoms with Gasteiger partial charge in [0.05, 0.1) is 10.7 Å². The van der Waals surface area contributed by atoms with Gasteiger partial charge in [-0.3, -0.25) is 9.59 Å². The van der Waals surface area contributed by atoms with Gasteiger partial charge in [0.2, 0.25) is 5.91 Å². The number of rotatable bonds is 2. The summed E-state index contributed by atoms with van der Waals surface area (Å²) >= 11 is 11.6. The van der Waals surface area contributed by atoms with Gasteiger partial charge in [-0.15, -0.1) is 0 Å². The van der Waals surface area contributed by atoms with E-state index in [9.17, 15) is 9.59 Å². The van der Waals surface area contributed by atoms with Crippen LogP contribution >= 0.6 is 23.2 Å². The molecule has 1 aromatic carbocycles. The van der Waals surface area contributed by atoms with Crippen LogP contribution in [-0.4, -0.2) is 11.9 Å². The molecule has 0 fully saturated rings. The molecule has 1 rings (SSSR count). The summed E-state index contributed by atoms with van der Waals surface area (Å²) in [6.45, 7) is 2.56. The second kappa shape index (κ2) is 5.18. The molecular weight excluding hydrogens is 253 g/mol. The molecule has 0 bridgehead atoms. The van der Waals surface area contributed by atoms with Crippen molar-refractivity contribution in [2.75, 3.05) is 5.32 Å². The first-order chi connectivity index (χ1) is 7.40. The number of benzene rings is 1. The van der Waals surface area contributed by atoms with Crippen LogP contribution in [0.3, 0.4) is 0 Å². The van der Waals surface area contributed by atoms with Crippen LogP contribution < -0.4 is 10.1 Å². The third-order valence-electron chi connectivity index (χ3n) is 1.56. The fourth-order valence-electron chi connectivity index (χ4n) is 1.09. The average molecular weight is 262 g/mol. The molecule has 4 nitrogen and oxygen atoms in total. The quantitative estimate of drug-likeness (QED) is 0.658. The molecule has 16 heavy (non-hydrogen) atoms. The van der Waals surface area contributed by atoms with Gasteiger partial charge in [0.25, 0.3) is 0 Å². The molecule has 0 atom stereocenters. The van der Waals surface area contributed by atoms with E-state index in [2.05, 4.69) is 5.32 Å². The molecule has 0 spiro atoms. The second-order valence-electron chi connectivity index (χ2n) is 3.04.